The van der Waals surface area contributed by atoms with E-state index in [9.17, 15) is 8.42 Å². The highest BCUT2D eigenvalue weighted by atomic mass is 32.2. The van der Waals surface area contributed by atoms with Crippen LogP contribution in [0.5, 0.6) is 0 Å². The first-order valence-electron chi connectivity index (χ1n) is 6.75. The summed E-state index contributed by atoms with van der Waals surface area (Å²) in [6.45, 7) is 5.99. The van der Waals surface area contributed by atoms with Gasteiger partial charge in [0.25, 0.3) is 0 Å². The molecule has 6 heteroatoms. The Bertz CT molecular complexity index is 328. The van der Waals surface area contributed by atoms with Gasteiger partial charge in [-0.3, -0.25) is 0 Å². The summed E-state index contributed by atoms with van der Waals surface area (Å²) in [5.74, 6) is 0.505. The van der Waals surface area contributed by atoms with Crippen LogP contribution in [0.15, 0.2) is 0 Å². The van der Waals surface area contributed by atoms with Crippen LogP contribution in [0.25, 0.3) is 0 Å². The van der Waals surface area contributed by atoms with Gasteiger partial charge in [0, 0.05) is 13.1 Å². The van der Waals surface area contributed by atoms with Crippen molar-refractivity contribution in [1.82, 2.24) is 4.31 Å². The summed E-state index contributed by atoms with van der Waals surface area (Å²) in [7, 11) is -3.16. The average molecular weight is 278 g/mol. The van der Waals surface area contributed by atoms with Crippen molar-refractivity contribution in [2.45, 2.75) is 39.2 Å². The molecule has 1 rings (SSSR count). The predicted octanol–water partition coefficient (Wildman–Crippen LogP) is 0.802. The van der Waals surface area contributed by atoms with Crippen molar-refractivity contribution in [3.05, 3.63) is 0 Å². The molecule has 0 aromatic carbocycles. The number of hydrogen-bond donors (Lipinski definition) is 1. The number of piperidine rings is 1. The molecule has 1 saturated heterocycles. The summed E-state index contributed by atoms with van der Waals surface area (Å²) in [5.41, 5.74) is 5.54. The Hall–Kier alpha value is -0.170. The maximum Gasteiger partial charge on any atom is 0.216 e. The van der Waals surface area contributed by atoms with Gasteiger partial charge in [0.1, 0.15) is 0 Å². The molecule has 1 atom stereocenters. The van der Waals surface area contributed by atoms with Crippen LogP contribution < -0.4 is 5.73 Å². The number of sulfonamides is 1. The minimum absolute atomic E-state index is 0.0755. The Balaban J connectivity index is 2.45. The van der Waals surface area contributed by atoms with Gasteiger partial charge in [-0.2, -0.15) is 0 Å². The minimum atomic E-state index is -3.16. The second kappa shape index (κ2) is 7.43. The number of ether oxygens (including phenoxy) is 1. The molecule has 0 bridgehead atoms. The van der Waals surface area contributed by atoms with E-state index in [1.54, 1.807) is 4.31 Å². The predicted molar refractivity (Wildman–Crippen MR) is 72.8 cm³/mol. The molecule has 0 aliphatic carbocycles. The Labute approximate surface area is 111 Å². The van der Waals surface area contributed by atoms with Crippen LogP contribution in [-0.2, 0) is 14.8 Å². The summed E-state index contributed by atoms with van der Waals surface area (Å²) >= 11 is 0. The van der Waals surface area contributed by atoms with Crippen molar-refractivity contribution in [1.29, 1.82) is 0 Å². The van der Waals surface area contributed by atoms with Crippen molar-refractivity contribution in [2.75, 3.05) is 32.0 Å². The average Bonchev–Trinajstić information content (AvgIpc) is 2.29. The van der Waals surface area contributed by atoms with E-state index in [4.69, 9.17) is 10.5 Å². The molecule has 108 valence electrons. The molecule has 18 heavy (non-hydrogen) atoms. The smallest absolute Gasteiger partial charge is 0.216 e. The van der Waals surface area contributed by atoms with E-state index in [0.717, 1.165) is 19.3 Å². The molecule has 0 spiro atoms. The molecule has 0 aromatic rings. The lowest BCUT2D eigenvalue weighted by Gasteiger charge is -2.31. The van der Waals surface area contributed by atoms with E-state index in [1.807, 2.05) is 13.8 Å². The van der Waals surface area contributed by atoms with Gasteiger partial charge in [-0.05, 0) is 45.6 Å². The fourth-order valence-corrected chi connectivity index (χ4v) is 3.68. The second-order valence-electron chi connectivity index (χ2n) is 5.18. The number of hydrogen-bond acceptors (Lipinski definition) is 4. The van der Waals surface area contributed by atoms with Gasteiger partial charge in [-0.15, -0.1) is 0 Å². The maximum atomic E-state index is 12.1. The molecule has 0 amide bonds. The van der Waals surface area contributed by atoms with E-state index < -0.39 is 10.0 Å². The van der Waals surface area contributed by atoms with Crippen molar-refractivity contribution in [2.24, 2.45) is 11.7 Å². The van der Waals surface area contributed by atoms with Gasteiger partial charge in [0.2, 0.25) is 10.0 Å². The quantitative estimate of drug-likeness (QED) is 0.747. The third-order valence-corrected chi connectivity index (χ3v) is 5.04. The van der Waals surface area contributed by atoms with Gasteiger partial charge in [0.05, 0.1) is 18.5 Å². The van der Waals surface area contributed by atoms with Gasteiger partial charge in [-0.1, -0.05) is 0 Å². The van der Waals surface area contributed by atoms with Gasteiger partial charge in [-0.25, -0.2) is 12.7 Å². The topological polar surface area (TPSA) is 72.6 Å². The van der Waals surface area contributed by atoms with E-state index in [1.165, 1.54) is 0 Å². The molecular formula is C12H26N2O3S. The van der Waals surface area contributed by atoms with Crippen molar-refractivity contribution in [3.8, 4) is 0 Å². The van der Waals surface area contributed by atoms with Gasteiger partial charge >= 0.3 is 0 Å². The van der Waals surface area contributed by atoms with Crippen LogP contribution in [0, 0.1) is 5.92 Å². The van der Waals surface area contributed by atoms with Crippen LogP contribution >= 0.6 is 0 Å². The highest BCUT2D eigenvalue weighted by molar-refractivity contribution is 7.89. The fourth-order valence-electron chi connectivity index (χ4n) is 2.27. The normalized spacial score (nSPS) is 22.6. The molecule has 1 unspecified atom stereocenters. The highest BCUT2D eigenvalue weighted by Gasteiger charge is 2.28. The molecule has 1 fully saturated rings. The maximum absolute atomic E-state index is 12.1. The minimum Gasteiger partial charge on any atom is -0.378 e. The first kappa shape index (κ1) is 15.9. The number of rotatable bonds is 7. The highest BCUT2D eigenvalue weighted by Crippen LogP contribution is 2.21. The van der Waals surface area contributed by atoms with Crippen LogP contribution in [0.4, 0.5) is 0 Å². The van der Waals surface area contributed by atoms with E-state index >= 15 is 0 Å². The summed E-state index contributed by atoms with van der Waals surface area (Å²) in [5, 5.41) is 0. The Kier molecular flexibility index (Phi) is 6.55. The summed E-state index contributed by atoms with van der Waals surface area (Å²) < 4.78 is 31.2. The van der Waals surface area contributed by atoms with Crippen molar-refractivity contribution >= 4 is 10.0 Å². The second-order valence-corrected chi connectivity index (χ2v) is 7.27. The molecule has 2 N–H and O–H groups in total. The molecule has 1 aliphatic heterocycles. The van der Waals surface area contributed by atoms with Crippen molar-refractivity contribution in [3.63, 3.8) is 0 Å². The standard InChI is InChI=1S/C12H26N2O3S/c1-11(2)17-8-9-18(15,16)14-7-3-4-12(10-14)5-6-13/h11-12H,3-10,13H2,1-2H3. The molecule has 0 saturated carbocycles. The molecule has 1 heterocycles. The van der Waals surface area contributed by atoms with Crippen LogP contribution in [0.1, 0.15) is 33.1 Å². The van der Waals surface area contributed by atoms with Gasteiger partial charge < -0.3 is 10.5 Å². The van der Waals surface area contributed by atoms with E-state index in [-0.39, 0.29) is 18.5 Å². The first-order chi connectivity index (χ1) is 8.45. The summed E-state index contributed by atoms with van der Waals surface area (Å²) in [4.78, 5) is 0. The van der Waals surface area contributed by atoms with E-state index in [2.05, 4.69) is 0 Å². The summed E-state index contributed by atoms with van der Waals surface area (Å²) in [6.07, 6.45) is 3.02. The van der Waals surface area contributed by atoms with E-state index in [0.29, 0.717) is 25.6 Å². The lowest BCUT2D eigenvalue weighted by atomic mass is 9.96. The van der Waals surface area contributed by atoms with Crippen LogP contribution in [0.2, 0.25) is 0 Å². The Morgan fingerprint density at radius 3 is 2.78 bits per heavy atom. The lowest BCUT2D eigenvalue weighted by molar-refractivity contribution is 0.0904. The SMILES string of the molecule is CC(C)OCCS(=O)(=O)N1CCCC(CCN)C1. The molecular weight excluding hydrogens is 252 g/mol. The third-order valence-electron chi connectivity index (χ3n) is 3.24. The zero-order valence-electron chi connectivity index (χ0n) is 11.5. The van der Waals surface area contributed by atoms with Crippen LogP contribution in [-0.4, -0.2) is 50.8 Å². The van der Waals surface area contributed by atoms with Crippen LogP contribution in [0.3, 0.4) is 0 Å². The zero-order chi connectivity index (χ0) is 13.6. The Morgan fingerprint density at radius 2 is 2.17 bits per heavy atom. The summed E-state index contributed by atoms with van der Waals surface area (Å²) in [6, 6.07) is 0. The molecule has 5 nitrogen and oxygen atoms in total. The largest absolute Gasteiger partial charge is 0.378 e. The molecule has 0 radical (unpaired) electrons. The van der Waals surface area contributed by atoms with Gasteiger partial charge in [0.15, 0.2) is 0 Å². The Morgan fingerprint density at radius 1 is 1.44 bits per heavy atom. The zero-order valence-corrected chi connectivity index (χ0v) is 12.3. The molecule has 0 aromatic heterocycles. The monoisotopic (exact) mass is 278 g/mol. The number of nitrogens with two attached hydrogens (primary N) is 1. The fraction of sp³-hybridized carbons (Fsp3) is 1.00. The lowest BCUT2D eigenvalue weighted by Crippen LogP contribution is -2.42. The number of nitrogens with zero attached hydrogens (tertiary/aromatic N) is 1. The molecule has 1 aliphatic rings. The van der Waals surface area contributed by atoms with Crippen molar-refractivity contribution < 1.29 is 13.2 Å². The third kappa shape index (κ3) is 5.22. The first-order valence-corrected chi connectivity index (χ1v) is 8.36.